The number of nitrogens with zero attached hydrogens (tertiary/aromatic N) is 6. The normalized spacial score (nSPS) is 27.3. The molecule has 2 aromatic carbocycles. The van der Waals surface area contributed by atoms with Crippen LogP contribution in [0.1, 0.15) is 52.9 Å². The van der Waals surface area contributed by atoms with Gasteiger partial charge in [-0.25, -0.2) is 18.6 Å². The van der Waals surface area contributed by atoms with Gasteiger partial charge in [0.15, 0.2) is 5.82 Å². The van der Waals surface area contributed by atoms with Gasteiger partial charge in [-0.2, -0.15) is 9.97 Å². The van der Waals surface area contributed by atoms with Crippen LogP contribution in [0, 0.1) is 5.82 Å². The first-order chi connectivity index (χ1) is 24.0. The van der Waals surface area contributed by atoms with E-state index in [0.717, 1.165) is 37.6 Å². The van der Waals surface area contributed by atoms with Crippen LogP contribution in [-0.2, 0) is 4.74 Å². The fourth-order valence-corrected chi connectivity index (χ4v) is 9.04. The summed E-state index contributed by atoms with van der Waals surface area (Å²) in [5, 5.41) is 12.4. The van der Waals surface area contributed by atoms with Gasteiger partial charge in [-0.1, -0.05) is 24.3 Å². The Kier molecular flexibility index (Phi) is 7.07. The van der Waals surface area contributed by atoms with Gasteiger partial charge in [0, 0.05) is 25.1 Å². The maximum atomic E-state index is 17.1. The number of hydrogen-bond donors (Lipinski definition) is 1. The molecule has 11 nitrogen and oxygen atoms in total. The predicted molar refractivity (Wildman–Crippen MR) is 182 cm³/mol. The lowest BCUT2D eigenvalue weighted by Crippen LogP contribution is -2.63. The van der Waals surface area contributed by atoms with E-state index in [1.54, 1.807) is 6.07 Å². The molecule has 262 valence electrons. The maximum absolute atomic E-state index is 17.1. The molecule has 2 bridgehead atoms. The summed E-state index contributed by atoms with van der Waals surface area (Å²) in [6.45, 7) is 7.51. The van der Waals surface area contributed by atoms with E-state index in [1.807, 2.05) is 49.9 Å². The van der Waals surface area contributed by atoms with Crippen LogP contribution in [0.2, 0.25) is 0 Å². The number of phenols is 1. The fourth-order valence-electron chi connectivity index (χ4n) is 9.04. The van der Waals surface area contributed by atoms with Gasteiger partial charge in [0.05, 0.1) is 23.7 Å². The number of alkyl halides is 1. The number of carbonyl (C=O) groups excluding carboxylic acids is 1. The second-order valence-electron chi connectivity index (χ2n) is 15.4. The predicted octanol–water partition coefficient (Wildman–Crippen LogP) is 5.99. The number of phenolic OH excluding ortho intramolecular Hbond substituents is 1. The molecule has 0 unspecified atom stereocenters. The largest absolute Gasteiger partial charge is 0.508 e. The Morgan fingerprint density at radius 2 is 1.96 bits per heavy atom. The SMILES string of the molecule is CC(C)(C)OC(=O)N1[C@H]2CC[C@@H]1[C@H]1COc3nc(-c4cc(O)cc5ccccc45)c(F)c4nc(OC[C@@]56CCCN5C[C@H](F)C6)nc(c34)N1C2. The Morgan fingerprint density at radius 1 is 1.12 bits per heavy atom. The molecule has 13 heteroatoms. The number of pyridine rings is 1. The average Bonchev–Trinajstić information content (AvgIpc) is 3.67. The molecular formula is C37H40F2N6O5. The molecule has 4 aromatic rings. The number of fused-ring (bicyclic) bond motifs is 7. The third kappa shape index (κ3) is 4.98. The minimum Gasteiger partial charge on any atom is -0.508 e. The van der Waals surface area contributed by atoms with Crippen molar-refractivity contribution in [2.75, 3.05) is 37.7 Å². The number of amides is 1. The number of rotatable bonds is 4. The highest BCUT2D eigenvalue weighted by molar-refractivity contribution is 6.02. The highest BCUT2D eigenvalue weighted by Gasteiger charge is 2.52. The first-order valence-electron chi connectivity index (χ1n) is 17.5. The van der Waals surface area contributed by atoms with Gasteiger partial charge in [0.1, 0.15) is 53.2 Å². The Labute approximate surface area is 288 Å². The molecule has 0 saturated carbocycles. The van der Waals surface area contributed by atoms with Gasteiger partial charge in [-0.3, -0.25) is 9.80 Å². The van der Waals surface area contributed by atoms with Gasteiger partial charge in [0.25, 0.3) is 0 Å². The van der Waals surface area contributed by atoms with Crippen LogP contribution >= 0.6 is 0 Å². The molecule has 5 aliphatic rings. The molecule has 5 atom stereocenters. The Balaban J connectivity index is 1.18. The standard InChI is InChI=1S/C37H40F2N6O5/c1-36(2,3)50-35(47)45-22-9-10-26(45)27-18-48-33-28-31(29(39)30(40-33)25-14-23(46)13-20-7-4-5-8-24(20)25)41-34(42-32(28)44(27)17-22)49-19-37-11-6-12-43(37)16-21(38)15-37/h4-5,7-8,13-14,21-22,26-27,46H,6,9-12,15-19H2,1-3H3/t21-,22+,26-,27-,37+/m1/s1. The minimum atomic E-state index is -0.929. The van der Waals surface area contributed by atoms with Crippen LogP contribution in [0.25, 0.3) is 32.9 Å². The highest BCUT2D eigenvalue weighted by Crippen LogP contribution is 2.47. The van der Waals surface area contributed by atoms with Crippen molar-refractivity contribution in [1.82, 2.24) is 24.8 Å². The molecule has 0 spiro atoms. The maximum Gasteiger partial charge on any atom is 0.410 e. The molecule has 4 fully saturated rings. The van der Waals surface area contributed by atoms with Crippen LogP contribution in [0.4, 0.5) is 19.4 Å². The van der Waals surface area contributed by atoms with E-state index in [1.165, 1.54) is 6.07 Å². The lowest BCUT2D eigenvalue weighted by atomic mass is 9.95. The molecule has 7 heterocycles. The summed E-state index contributed by atoms with van der Waals surface area (Å²) in [5.74, 6) is -0.137. The van der Waals surface area contributed by atoms with Crippen LogP contribution in [0.5, 0.6) is 17.6 Å². The molecule has 1 amide bonds. The van der Waals surface area contributed by atoms with E-state index in [4.69, 9.17) is 24.2 Å². The first-order valence-corrected chi connectivity index (χ1v) is 17.5. The Hall–Kier alpha value is -4.52. The molecule has 4 saturated heterocycles. The molecule has 1 N–H and O–H groups in total. The number of aromatic nitrogens is 3. The molecule has 0 aliphatic carbocycles. The second kappa shape index (κ2) is 11.2. The van der Waals surface area contributed by atoms with Crippen LogP contribution < -0.4 is 14.4 Å². The van der Waals surface area contributed by atoms with Crippen molar-refractivity contribution >= 4 is 33.6 Å². The van der Waals surface area contributed by atoms with E-state index < -0.39 is 23.1 Å². The van der Waals surface area contributed by atoms with E-state index in [9.17, 15) is 14.3 Å². The number of aromatic hydroxyl groups is 1. The van der Waals surface area contributed by atoms with Gasteiger partial charge >= 0.3 is 12.1 Å². The zero-order valence-electron chi connectivity index (χ0n) is 28.4. The zero-order chi connectivity index (χ0) is 34.5. The molecule has 0 radical (unpaired) electrons. The first kappa shape index (κ1) is 31.5. The summed E-state index contributed by atoms with van der Waals surface area (Å²) in [6, 6.07) is 9.77. The number of benzene rings is 2. The van der Waals surface area contributed by atoms with Crippen LogP contribution in [-0.4, -0.2) is 104 Å². The van der Waals surface area contributed by atoms with E-state index >= 15 is 4.39 Å². The van der Waals surface area contributed by atoms with Crippen LogP contribution in [0.15, 0.2) is 36.4 Å². The Bertz CT molecular complexity index is 2040. The van der Waals surface area contributed by atoms with Crippen molar-refractivity contribution in [3.8, 4) is 28.9 Å². The van der Waals surface area contributed by atoms with E-state index in [2.05, 4.69) is 14.8 Å². The molecule has 5 aliphatic heterocycles. The quantitative estimate of drug-likeness (QED) is 0.275. The third-order valence-electron chi connectivity index (χ3n) is 11.1. The summed E-state index contributed by atoms with van der Waals surface area (Å²) in [7, 11) is 0. The summed E-state index contributed by atoms with van der Waals surface area (Å²) in [5.41, 5.74) is -0.763. The lowest BCUT2D eigenvalue weighted by molar-refractivity contribution is 0.00538. The molecule has 2 aromatic heterocycles. The topological polar surface area (TPSA) is 113 Å². The molecule has 50 heavy (non-hydrogen) atoms. The number of hydrogen-bond acceptors (Lipinski definition) is 10. The molecule has 9 rings (SSSR count). The average molecular weight is 687 g/mol. The number of anilines is 1. The number of ether oxygens (including phenoxy) is 3. The highest BCUT2D eigenvalue weighted by atomic mass is 19.1. The molecular weight excluding hydrogens is 646 g/mol. The summed E-state index contributed by atoms with van der Waals surface area (Å²) < 4.78 is 50.3. The number of halogens is 2. The van der Waals surface area contributed by atoms with Gasteiger partial charge in [0.2, 0.25) is 5.88 Å². The van der Waals surface area contributed by atoms with Crippen molar-refractivity contribution in [1.29, 1.82) is 0 Å². The number of carbonyl (C=O) groups is 1. The van der Waals surface area contributed by atoms with Gasteiger partial charge < -0.3 is 24.2 Å². The van der Waals surface area contributed by atoms with Crippen molar-refractivity contribution in [3.05, 3.63) is 42.2 Å². The zero-order valence-corrected chi connectivity index (χ0v) is 28.4. The Morgan fingerprint density at radius 3 is 2.80 bits per heavy atom. The van der Waals surface area contributed by atoms with E-state index in [0.29, 0.717) is 41.7 Å². The van der Waals surface area contributed by atoms with Gasteiger partial charge in [-0.15, -0.1) is 0 Å². The van der Waals surface area contributed by atoms with Crippen molar-refractivity contribution in [2.24, 2.45) is 0 Å². The van der Waals surface area contributed by atoms with Gasteiger partial charge in [-0.05, 0) is 75.9 Å². The smallest absolute Gasteiger partial charge is 0.410 e. The lowest BCUT2D eigenvalue weighted by Gasteiger charge is -2.46. The van der Waals surface area contributed by atoms with Crippen molar-refractivity contribution < 1.29 is 32.9 Å². The monoisotopic (exact) mass is 686 g/mol. The van der Waals surface area contributed by atoms with E-state index in [-0.39, 0.29) is 66.3 Å². The van der Waals surface area contributed by atoms with Crippen molar-refractivity contribution in [3.63, 3.8) is 0 Å². The van der Waals surface area contributed by atoms with Crippen molar-refractivity contribution in [2.45, 2.75) is 88.3 Å². The second-order valence-corrected chi connectivity index (χ2v) is 15.4. The summed E-state index contributed by atoms with van der Waals surface area (Å²) in [4.78, 5) is 33.9. The summed E-state index contributed by atoms with van der Waals surface area (Å²) in [6.07, 6.45) is 2.35. The minimum absolute atomic E-state index is 0.0126. The fraction of sp³-hybridized carbons (Fsp3) is 0.514. The number of piperazine rings is 1. The van der Waals surface area contributed by atoms with Crippen LogP contribution in [0.3, 0.4) is 0 Å². The third-order valence-corrected chi connectivity index (χ3v) is 11.1. The summed E-state index contributed by atoms with van der Waals surface area (Å²) >= 11 is 0.